The van der Waals surface area contributed by atoms with E-state index in [4.69, 9.17) is 9.47 Å². The van der Waals surface area contributed by atoms with E-state index < -0.39 is 18.0 Å². The van der Waals surface area contributed by atoms with Crippen molar-refractivity contribution in [1.82, 2.24) is 10.6 Å². The van der Waals surface area contributed by atoms with Gasteiger partial charge in [0, 0.05) is 18.9 Å². The van der Waals surface area contributed by atoms with Gasteiger partial charge in [-0.25, -0.2) is 9.18 Å². The number of benzene rings is 1. The van der Waals surface area contributed by atoms with Crippen LogP contribution in [0.5, 0.6) is 5.75 Å². The first kappa shape index (κ1) is 17.1. The van der Waals surface area contributed by atoms with Gasteiger partial charge in [0.2, 0.25) is 5.91 Å². The molecule has 2 aliphatic heterocycles. The summed E-state index contributed by atoms with van der Waals surface area (Å²) in [7, 11) is 0. The lowest BCUT2D eigenvalue weighted by Gasteiger charge is -2.15. The van der Waals surface area contributed by atoms with Gasteiger partial charge in [0.25, 0.3) is 0 Å². The molecule has 2 amide bonds. The van der Waals surface area contributed by atoms with Crippen molar-refractivity contribution in [1.29, 1.82) is 0 Å². The van der Waals surface area contributed by atoms with Crippen molar-refractivity contribution in [2.45, 2.75) is 13.0 Å². The molecule has 2 heterocycles. The van der Waals surface area contributed by atoms with E-state index in [0.29, 0.717) is 30.0 Å². The lowest BCUT2D eigenvalue weighted by atomic mass is 10.2. The number of fused-ring (bicyclic) bond motifs is 1. The van der Waals surface area contributed by atoms with Crippen molar-refractivity contribution < 1.29 is 23.5 Å². The lowest BCUT2D eigenvalue weighted by Crippen LogP contribution is -2.33. The molecule has 3 aliphatic rings. The largest absolute Gasteiger partial charge is 0.490 e. The van der Waals surface area contributed by atoms with Gasteiger partial charge in [0.15, 0.2) is 11.6 Å². The van der Waals surface area contributed by atoms with Gasteiger partial charge in [-0.05, 0) is 37.1 Å². The van der Waals surface area contributed by atoms with Crippen LogP contribution >= 0.6 is 0 Å². The molecule has 0 aromatic heterocycles. The van der Waals surface area contributed by atoms with Crippen LogP contribution in [0.15, 0.2) is 18.2 Å². The quantitative estimate of drug-likeness (QED) is 0.792. The molecule has 0 spiro atoms. The summed E-state index contributed by atoms with van der Waals surface area (Å²) in [6, 6.07) is 4.48. The van der Waals surface area contributed by atoms with Crippen LogP contribution in [0.1, 0.15) is 6.92 Å². The SMILES string of the molecule is CC(=O)NC[C@H]1CN(c2ccc(OCC3C4CNC[C@@H]43)c(F)c2)C(=O)O1. The van der Waals surface area contributed by atoms with Gasteiger partial charge in [-0.1, -0.05) is 0 Å². The Morgan fingerprint density at radius 3 is 2.88 bits per heavy atom. The summed E-state index contributed by atoms with van der Waals surface area (Å²) in [5.41, 5.74) is 0.415. The number of hydrogen-bond acceptors (Lipinski definition) is 5. The average molecular weight is 363 g/mol. The minimum Gasteiger partial charge on any atom is -0.490 e. The first-order chi connectivity index (χ1) is 12.5. The number of carbonyl (C=O) groups excluding carboxylic acids is 2. The van der Waals surface area contributed by atoms with Crippen LogP contribution in [0.2, 0.25) is 0 Å². The van der Waals surface area contributed by atoms with E-state index in [1.165, 1.54) is 17.9 Å². The number of piperidine rings is 1. The predicted molar refractivity (Wildman–Crippen MR) is 91.5 cm³/mol. The minimum absolute atomic E-state index is 0.192. The molecular formula is C18H22FN3O4. The summed E-state index contributed by atoms with van der Waals surface area (Å²) in [4.78, 5) is 24.3. The molecule has 3 fully saturated rings. The maximum absolute atomic E-state index is 14.4. The molecule has 1 aromatic carbocycles. The molecule has 26 heavy (non-hydrogen) atoms. The third-order valence-electron chi connectivity index (χ3n) is 5.38. The van der Waals surface area contributed by atoms with Crippen molar-refractivity contribution in [2.75, 3.05) is 37.7 Å². The second-order valence-corrected chi connectivity index (χ2v) is 7.13. The minimum atomic E-state index is -0.549. The van der Waals surface area contributed by atoms with Gasteiger partial charge in [-0.3, -0.25) is 9.69 Å². The molecule has 2 unspecified atom stereocenters. The standard InChI is InChI=1S/C18H22FN3O4/c1-10(23)21-5-12-8-22(18(24)26-12)11-2-3-17(16(19)4-11)25-9-15-13-6-20-7-14(13)15/h2-4,12-15,20H,5-9H2,1H3,(H,21,23)/t12-,13-,14?,15?/m0/s1. The molecule has 1 aliphatic carbocycles. The molecule has 0 radical (unpaired) electrons. The molecule has 1 saturated carbocycles. The molecule has 7 nitrogen and oxygen atoms in total. The Hall–Kier alpha value is -2.35. The van der Waals surface area contributed by atoms with Crippen LogP contribution in [0.25, 0.3) is 0 Å². The molecule has 0 bridgehead atoms. The Kier molecular flexibility index (Phi) is 4.44. The molecular weight excluding hydrogens is 341 g/mol. The van der Waals surface area contributed by atoms with E-state index in [-0.39, 0.29) is 24.7 Å². The maximum atomic E-state index is 14.4. The summed E-state index contributed by atoms with van der Waals surface area (Å²) in [6.45, 7) is 4.47. The fourth-order valence-corrected chi connectivity index (χ4v) is 3.85. The number of nitrogens with zero attached hydrogens (tertiary/aromatic N) is 1. The number of rotatable bonds is 6. The van der Waals surface area contributed by atoms with Crippen molar-refractivity contribution in [2.24, 2.45) is 17.8 Å². The smallest absolute Gasteiger partial charge is 0.414 e. The summed E-state index contributed by atoms with van der Waals surface area (Å²) in [5, 5.41) is 5.93. The molecule has 4 rings (SSSR count). The maximum Gasteiger partial charge on any atom is 0.414 e. The molecule has 4 atom stereocenters. The fraction of sp³-hybridized carbons (Fsp3) is 0.556. The normalized spacial score (nSPS) is 29.3. The molecule has 2 saturated heterocycles. The summed E-state index contributed by atoms with van der Waals surface area (Å²) < 4.78 is 25.2. The zero-order chi connectivity index (χ0) is 18.3. The Morgan fingerprint density at radius 2 is 2.19 bits per heavy atom. The molecule has 8 heteroatoms. The highest BCUT2D eigenvalue weighted by molar-refractivity contribution is 5.89. The van der Waals surface area contributed by atoms with E-state index in [1.54, 1.807) is 12.1 Å². The number of cyclic esters (lactones) is 1. The van der Waals surface area contributed by atoms with Crippen LogP contribution in [0, 0.1) is 23.6 Å². The highest BCUT2D eigenvalue weighted by atomic mass is 19.1. The summed E-state index contributed by atoms with van der Waals surface area (Å²) >= 11 is 0. The van der Waals surface area contributed by atoms with Crippen molar-refractivity contribution in [3.63, 3.8) is 0 Å². The van der Waals surface area contributed by atoms with Crippen molar-refractivity contribution >= 4 is 17.7 Å². The van der Waals surface area contributed by atoms with Gasteiger partial charge < -0.3 is 20.1 Å². The summed E-state index contributed by atoms with van der Waals surface area (Å²) in [5.74, 6) is 1.36. The van der Waals surface area contributed by atoms with E-state index in [9.17, 15) is 14.0 Å². The van der Waals surface area contributed by atoms with Crippen LogP contribution in [-0.2, 0) is 9.53 Å². The number of hydrogen-bond donors (Lipinski definition) is 2. The first-order valence-electron chi connectivity index (χ1n) is 8.88. The number of nitrogens with one attached hydrogen (secondary N) is 2. The van der Waals surface area contributed by atoms with Crippen LogP contribution < -0.4 is 20.3 Å². The average Bonchev–Trinajstić information content (AvgIpc) is 2.95. The van der Waals surface area contributed by atoms with E-state index in [2.05, 4.69) is 10.6 Å². The second kappa shape index (κ2) is 6.75. The number of carbonyl (C=O) groups is 2. The van der Waals surface area contributed by atoms with Gasteiger partial charge in [0.1, 0.15) is 6.10 Å². The van der Waals surface area contributed by atoms with Gasteiger partial charge in [-0.2, -0.15) is 0 Å². The Balaban J connectivity index is 1.35. The van der Waals surface area contributed by atoms with Crippen molar-refractivity contribution in [3.05, 3.63) is 24.0 Å². The monoisotopic (exact) mass is 363 g/mol. The predicted octanol–water partition coefficient (Wildman–Crippen LogP) is 1.13. The number of anilines is 1. The lowest BCUT2D eigenvalue weighted by molar-refractivity contribution is -0.119. The fourth-order valence-electron chi connectivity index (χ4n) is 3.85. The number of ether oxygens (including phenoxy) is 2. The van der Waals surface area contributed by atoms with Gasteiger partial charge >= 0.3 is 6.09 Å². The van der Waals surface area contributed by atoms with Crippen LogP contribution in [0.4, 0.5) is 14.9 Å². The second-order valence-electron chi connectivity index (χ2n) is 7.13. The topological polar surface area (TPSA) is 79.9 Å². The van der Waals surface area contributed by atoms with Gasteiger partial charge in [-0.15, -0.1) is 0 Å². The van der Waals surface area contributed by atoms with E-state index in [0.717, 1.165) is 13.1 Å². The Morgan fingerprint density at radius 1 is 1.42 bits per heavy atom. The number of halogens is 1. The Bertz CT molecular complexity index is 718. The third-order valence-corrected chi connectivity index (χ3v) is 5.38. The molecule has 1 aromatic rings. The zero-order valence-corrected chi connectivity index (χ0v) is 14.5. The summed E-state index contributed by atoms with van der Waals surface area (Å²) in [6.07, 6.45) is -1.00. The van der Waals surface area contributed by atoms with E-state index >= 15 is 0 Å². The molecule has 140 valence electrons. The molecule has 2 N–H and O–H groups in total. The Labute approximate surface area is 150 Å². The first-order valence-corrected chi connectivity index (χ1v) is 8.88. The van der Waals surface area contributed by atoms with Crippen LogP contribution in [0.3, 0.4) is 0 Å². The van der Waals surface area contributed by atoms with E-state index in [1.807, 2.05) is 0 Å². The number of amides is 2. The van der Waals surface area contributed by atoms with Crippen LogP contribution in [-0.4, -0.2) is 50.9 Å². The highest BCUT2D eigenvalue weighted by Crippen LogP contribution is 2.48. The van der Waals surface area contributed by atoms with Gasteiger partial charge in [0.05, 0.1) is 25.4 Å². The highest BCUT2D eigenvalue weighted by Gasteiger charge is 2.53. The zero-order valence-electron chi connectivity index (χ0n) is 14.5. The van der Waals surface area contributed by atoms with Crippen molar-refractivity contribution in [3.8, 4) is 5.75 Å². The third kappa shape index (κ3) is 3.33.